The van der Waals surface area contributed by atoms with Crippen LogP contribution >= 0.6 is 0 Å². The Bertz CT molecular complexity index is 155. The molecule has 0 bridgehead atoms. The Labute approximate surface area is 73.1 Å². The van der Waals surface area contributed by atoms with Gasteiger partial charge in [-0.2, -0.15) is 0 Å². The van der Waals surface area contributed by atoms with E-state index in [1.54, 1.807) is 0 Å². The molecule has 0 saturated heterocycles. The Morgan fingerprint density at radius 3 is 2.75 bits per heavy atom. The molecule has 0 heterocycles. The topological polar surface area (TPSA) is 38.3 Å². The van der Waals surface area contributed by atoms with Crippen LogP contribution in [0.4, 0.5) is 4.79 Å². The summed E-state index contributed by atoms with van der Waals surface area (Å²) in [6, 6.07) is 0. The molecule has 0 aliphatic heterocycles. The second-order valence-corrected chi connectivity index (χ2v) is 2.24. The monoisotopic (exact) mass is 169 g/mol. The third-order valence-electron chi connectivity index (χ3n) is 1.19. The zero-order valence-corrected chi connectivity index (χ0v) is 7.21. The molecule has 0 fully saturated rings. The predicted octanol–water partition coefficient (Wildman–Crippen LogP) is 1.86. The number of allylic oxidation sites excluding steroid dienone is 1. The van der Waals surface area contributed by atoms with Gasteiger partial charge in [-0.1, -0.05) is 18.7 Å². The molecule has 0 radical (unpaired) electrons. The minimum Gasteiger partial charge on any atom is -0.445 e. The zero-order valence-electron chi connectivity index (χ0n) is 7.21. The van der Waals surface area contributed by atoms with Crippen molar-refractivity contribution in [3.05, 3.63) is 25.3 Å². The van der Waals surface area contributed by atoms with E-state index in [9.17, 15) is 4.79 Å². The number of amides is 1. The second kappa shape index (κ2) is 7.85. The molecule has 0 aromatic rings. The molecule has 0 unspecified atom stereocenters. The van der Waals surface area contributed by atoms with E-state index in [2.05, 4.69) is 23.2 Å². The van der Waals surface area contributed by atoms with Crippen molar-refractivity contribution in [3.8, 4) is 0 Å². The number of nitrogens with one attached hydrogen (secondary N) is 1. The Hall–Kier alpha value is -1.25. The Morgan fingerprint density at radius 2 is 2.17 bits per heavy atom. The Morgan fingerprint density at radius 1 is 1.42 bits per heavy atom. The van der Waals surface area contributed by atoms with Crippen molar-refractivity contribution < 1.29 is 9.53 Å². The summed E-state index contributed by atoms with van der Waals surface area (Å²) in [6.07, 6.45) is 4.76. The van der Waals surface area contributed by atoms with Crippen LogP contribution in [0.1, 0.15) is 12.8 Å². The lowest BCUT2D eigenvalue weighted by atomic mass is 10.3. The van der Waals surface area contributed by atoms with Crippen LogP contribution in [0.25, 0.3) is 0 Å². The van der Waals surface area contributed by atoms with Crippen molar-refractivity contribution in [2.45, 2.75) is 12.8 Å². The minimum atomic E-state index is -0.390. The average molecular weight is 169 g/mol. The summed E-state index contributed by atoms with van der Waals surface area (Å²) in [4.78, 5) is 10.8. The van der Waals surface area contributed by atoms with E-state index in [-0.39, 0.29) is 12.7 Å². The number of ether oxygens (including phenoxy) is 1. The largest absolute Gasteiger partial charge is 0.445 e. The molecule has 0 rings (SSSR count). The smallest absolute Gasteiger partial charge is 0.407 e. The lowest BCUT2D eigenvalue weighted by Gasteiger charge is -2.03. The van der Waals surface area contributed by atoms with Crippen molar-refractivity contribution in [3.63, 3.8) is 0 Å². The number of carbonyl (C=O) groups is 1. The molecule has 3 heteroatoms. The summed E-state index contributed by atoms with van der Waals surface area (Å²) in [6.45, 7) is 7.88. The minimum absolute atomic E-state index is 0.257. The van der Waals surface area contributed by atoms with Crippen LogP contribution in [-0.4, -0.2) is 19.2 Å². The number of hydrogen-bond acceptors (Lipinski definition) is 2. The van der Waals surface area contributed by atoms with Crippen LogP contribution in [0.2, 0.25) is 0 Å². The van der Waals surface area contributed by atoms with E-state index in [1.807, 2.05) is 6.08 Å². The molecule has 0 aliphatic carbocycles. The molecule has 0 aromatic carbocycles. The molecule has 0 aromatic heterocycles. The van der Waals surface area contributed by atoms with Crippen LogP contribution in [-0.2, 0) is 4.74 Å². The van der Waals surface area contributed by atoms with E-state index in [0.29, 0.717) is 6.54 Å². The highest BCUT2D eigenvalue weighted by atomic mass is 16.5. The summed E-state index contributed by atoms with van der Waals surface area (Å²) in [5, 5.41) is 2.60. The summed E-state index contributed by atoms with van der Waals surface area (Å²) in [5.41, 5.74) is 0. The first-order valence-corrected chi connectivity index (χ1v) is 3.93. The third kappa shape index (κ3) is 6.86. The lowest BCUT2D eigenvalue weighted by molar-refractivity contribution is 0.158. The second-order valence-electron chi connectivity index (χ2n) is 2.24. The van der Waals surface area contributed by atoms with Crippen LogP contribution in [0.15, 0.2) is 25.3 Å². The fraction of sp³-hybridized carbons (Fsp3) is 0.444. The molecule has 0 saturated carbocycles. The molecular formula is C9H15NO2. The first kappa shape index (κ1) is 10.8. The molecule has 68 valence electrons. The number of unbranched alkanes of at least 4 members (excludes halogenated alkanes) is 1. The molecule has 0 spiro atoms. The summed E-state index contributed by atoms with van der Waals surface area (Å²) >= 11 is 0. The van der Waals surface area contributed by atoms with E-state index >= 15 is 0 Å². The van der Waals surface area contributed by atoms with E-state index in [4.69, 9.17) is 0 Å². The fourth-order valence-electron chi connectivity index (χ4n) is 0.622. The van der Waals surface area contributed by atoms with Gasteiger partial charge in [0, 0.05) is 6.54 Å². The highest BCUT2D eigenvalue weighted by molar-refractivity contribution is 5.67. The first-order chi connectivity index (χ1) is 5.81. The summed E-state index contributed by atoms with van der Waals surface area (Å²) < 4.78 is 4.68. The number of rotatable bonds is 6. The zero-order chi connectivity index (χ0) is 9.23. The van der Waals surface area contributed by atoms with Gasteiger partial charge in [-0.3, -0.25) is 0 Å². The van der Waals surface area contributed by atoms with Gasteiger partial charge in [0.25, 0.3) is 0 Å². The van der Waals surface area contributed by atoms with Crippen molar-refractivity contribution >= 4 is 6.09 Å². The van der Waals surface area contributed by atoms with Crippen molar-refractivity contribution in [1.29, 1.82) is 0 Å². The predicted molar refractivity (Wildman–Crippen MR) is 49.0 cm³/mol. The van der Waals surface area contributed by atoms with Crippen LogP contribution in [0.5, 0.6) is 0 Å². The number of alkyl carbamates (subject to hydrolysis) is 1. The average Bonchev–Trinajstić information content (AvgIpc) is 2.09. The van der Waals surface area contributed by atoms with Gasteiger partial charge in [0.15, 0.2) is 0 Å². The Kier molecular flexibility index (Phi) is 7.03. The van der Waals surface area contributed by atoms with Gasteiger partial charge in [0.1, 0.15) is 6.61 Å². The van der Waals surface area contributed by atoms with Gasteiger partial charge in [-0.05, 0) is 12.8 Å². The molecule has 0 aliphatic rings. The SMILES string of the molecule is C=CCCCNC(=O)OCC=C. The molecule has 0 atom stereocenters. The van der Waals surface area contributed by atoms with E-state index in [0.717, 1.165) is 12.8 Å². The van der Waals surface area contributed by atoms with Gasteiger partial charge >= 0.3 is 6.09 Å². The molecule has 12 heavy (non-hydrogen) atoms. The molecule has 1 amide bonds. The van der Waals surface area contributed by atoms with Crippen LogP contribution in [0.3, 0.4) is 0 Å². The van der Waals surface area contributed by atoms with Gasteiger partial charge in [0.2, 0.25) is 0 Å². The Balaban J connectivity index is 3.19. The highest BCUT2D eigenvalue weighted by Crippen LogP contribution is 1.86. The van der Waals surface area contributed by atoms with Crippen molar-refractivity contribution in [1.82, 2.24) is 5.32 Å². The maximum absolute atomic E-state index is 10.8. The van der Waals surface area contributed by atoms with E-state index < -0.39 is 0 Å². The molecule has 1 N–H and O–H groups in total. The van der Waals surface area contributed by atoms with Crippen LogP contribution in [0, 0.1) is 0 Å². The normalized spacial score (nSPS) is 8.67. The number of carbonyl (C=O) groups excluding carboxylic acids is 1. The highest BCUT2D eigenvalue weighted by Gasteiger charge is 1.96. The lowest BCUT2D eigenvalue weighted by Crippen LogP contribution is -2.25. The standard InChI is InChI=1S/C9H15NO2/c1-3-5-6-7-10-9(11)12-8-4-2/h3-4H,1-2,5-8H2,(H,10,11). The van der Waals surface area contributed by atoms with Crippen molar-refractivity contribution in [2.24, 2.45) is 0 Å². The van der Waals surface area contributed by atoms with Gasteiger partial charge in [0.05, 0.1) is 0 Å². The maximum Gasteiger partial charge on any atom is 0.407 e. The molecular weight excluding hydrogens is 154 g/mol. The van der Waals surface area contributed by atoms with Gasteiger partial charge in [-0.25, -0.2) is 4.79 Å². The van der Waals surface area contributed by atoms with Gasteiger partial charge < -0.3 is 10.1 Å². The quantitative estimate of drug-likeness (QED) is 0.487. The summed E-state index contributed by atoms with van der Waals surface area (Å²) in [5.74, 6) is 0. The first-order valence-electron chi connectivity index (χ1n) is 3.93. The number of hydrogen-bond donors (Lipinski definition) is 1. The third-order valence-corrected chi connectivity index (χ3v) is 1.19. The van der Waals surface area contributed by atoms with E-state index in [1.165, 1.54) is 6.08 Å². The summed E-state index contributed by atoms with van der Waals surface area (Å²) in [7, 11) is 0. The van der Waals surface area contributed by atoms with Gasteiger partial charge in [-0.15, -0.1) is 6.58 Å². The molecule has 3 nitrogen and oxygen atoms in total. The fourth-order valence-corrected chi connectivity index (χ4v) is 0.622. The van der Waals surface area contributed by atoms with Crippen LogP contribution < -0.4 is 5.32 Å². The van der Waals surface area contributed by atoms with Crippen molar-refractivity contribution in [2.75, 3.05) is 13.2 Å². The maximum atomic E-state index is 10.8.